The minimum absolute atomic E-state index is 0.599. The topological polar surface area (TPSA) is 43.8 Å². The average Bonchev–Trinajstić information content (AvgIpc) is 2.79. The van der Waals surface area contributed by atoms with E-state index in [2.05, 4.69) is 9.78 Å². The summed E-state index contributed by atoms with van der Waals surface area (Å²) in [6.45, 7) is 2.01. The Morgan fingerprint density at radius 1 is 1.43 bits per heavy atom. The molecule has 0 saturated heterocycles. The van der Waals surface area contributed by atoms with E-state index in [9.17, 15) is 0 Å². The summed E-state index contributed by atoms with van der Waals surface area (Å²) in [5.74, 6) is 2.65. The zero-order valence-electron chi connectivity index (χ0n) is 8.61. The van der Waals surface area contributed by atoms with Crippen LogP contribution in [0.4, 0.5) is 5.82 Å². The van der Waals surface area contributed by atoms with Crippen molar-refractivity contribution in [3.05, 3.63) is 11.8 Å². The van der Waals surface area contributed by atoms with Crippen molar-refractivity contribution in [1.82, 2.24) is 9.78 Å². The van der Waals surface area contributed by atoms with E-state index in [1.165, 1.54) is 25.7 Å². The van der Waals surface area contributed by atoms with Crippen molar-refractivity contribution in [1.29, 1.82) is 0 Å². The van der Waals surface area contributed by atoms with Crippen LogP contribution >= 0.6 is 0 Å². The third-order valence-corrected chi connectivity index (χ3v) is 3.90. The fourth-order valence-corrected chi connectivity index (χ4v) is 3.31. The second-order valence-electron chi connectivity index (χ2n) is 4.90. The second kappa shape index (κ2) is 2.75. The lowest BCUT2D eigenvalue weighted by Crippen LogP contribution is -2.19. The van der Waals surface area contributed by atoms with Crippen LogP contribution in [0.15, 0.2) is 6.07 Å². The number of fused-ring (bicyclic) bond motifs is 2. The van der Waals surface area contributed by atoms with Crippen LogP contribution in [-0.4, -0.2) is 9.78 Å². The lowest BCUT2D eigenvalue weighted by Gasteiger charge is -2.22. The smallest absolute Gasteiger partial charge is 0.122 e. The number of anilines is 1. The highest BCUT2D eigenvalue weighted by atomic mass is 15.3. The Bertz CT molecular complexity index is 355. The first-order valence-corrected chi connectivity index (χ1v) is 5.55. The quantitative estimate of drug-likeness (QED) is 0.739. The number of nitrogens with zero attached hydrogens (tertiary/aromatic N) is 2. The minimum Gasteiger partial charge on any atom is -0.384 e. The molecule has 0 aliphatic heterocycles. The maximum Gasteiger partial charge on any atom is 0.122 e. The highest BCUT2D eigenvalue weighted by Crippen LogP contribution is 2.50. The van der Waals surface area contributed by atoms with E-state index < -0.39 is 0 Å². The lowest BCUT2D eigenvalue weighted by atomic mass is 9.95. The Hall–Kier alpha value is -0.990. The zero-order valence-corrected chi connectivity index (χ0v) is 8.61. The normalized spacial score (nSPS) is 35.4. The SMILES string of the molecule is Cc1cc(N)n([C@H]2C[C@@H]3CC[C@@H]2C3)n1. The monoisotopic (exact) mass is 191 g/mol. The van der Waals surface area contributed by atoms with Crippen molar-refractivity contribution in [3.8, 4) is 0 Å². The molecule has 0 unspecified atom stereocenters. The van der Waals surface area contributed by atoms with E-state index >= 15 is 0 Å². The van der Waals surface area contributed by atoms with E-state index in [1.54, 1.807) is 0 Å². The van der Waals surface area contributed by atoms with Gasteiger partial charge in [-0.1, -0.05) is 6.42 Å². The number of nitrogens with two attached hydrogens (primary N) is 1. The average molecular weight is 191 g/mol. The highest BCUT2D eigenvalue weighted by molar-refractivity contribution is 5.31. The summed E-state index contributed by atoms with van der Waals surface area (Å²) in [6.07, 6.45) is 5.52. The molecular formula is C11H17N3. The standard InChI is InChI=1S/C11H17N3/c1-7-4-11(12)14(13-7)10-6-8-2-3-9(10)5-8/h4,8-10H,2-3,5-6,12H2,1H3/t8-,9-,10+/m1/s1. The van der Waals surface area contributed by atoms with Crippen molar-refractivity contribution < 1.29 is 0 Å². The van der Waals surface area contributed by atoms with Gasteiger partial charge in [-0.15, -0.1) is 0 Å². The van der Waals surface area contributed by atoms with E-state index in [0.717, 1.165) is 23.3 Å². The van der Waals surface area contributed by atoms with Gasteiger partial charge in [0.15, 0.2) is 0 Å². The molecule has 2 aliphatic carbocycles. The molecule has 0 spiro atoms. The van der Waals surface area contributed by atoms with Gasteiger partial charge in [0.25, 0.3) is 0 Å². The Morgan fingerprint density at radius 2 is 2.29 bits per heavy atom. The lowest BCUT2D eigenvalue weighted by molar-refractivity contribution is 0.309. The molecule has 0 aromatic carbocycles. The molecule has 3 rings (SSSR count). The van der Waals surface area contributed by atoms with Gasteiger partial charge >= 0.3 is 0 Å². The van der Waals surface area contributed by atoms with Gasteiger partial charge in [0, 0.05) is 6.07 Å². The van der Waals surface area contributed by atoms with Crippen LogP contribution in [0.2, 0.25) is 0 Å². The van der Waals surface area contributed by atoms with Crippen LogP contribution in [-0.2, 0) is 0 Å². The fraction of sp³-hybridized carbons (Fsp3) is 0.727. The Balaban J connectivity index is 1.92. The van der Waals surface area contributed by atoms with Crippen molar-refractivity contribution in [3.63, 3.8) is 0 Å². The Kier molecular flexibility index (Phi) is 1.64. The molecule has 0 amide bonds. The van der Waals surface area contributed by atoms with Gasteiger partial charge in [-0.3, -0.25) is 0 Å². The molecular weight excluding hydrogens is 174 g/mol. The number of hydrogen-bond acceptors (Lipinski definition) is 2. The maximum absolute atomic E-state index is 5.95. The molecule has 1 heterocycles. The molecule has 3 atom stereocenters. The number of aryl methyl sites for hydroxylation is 1. The molecule has 2 saturated carbocycles. The molecule has 3 heteroatoms. The van der Waals surface area contributed by atoms with Gasteiger partial charge in [0.1, 0.15) is 5.82 Å². The fourth-order valence-electron chi connectivity index (χ4n) is 3.31. The van der Waals surface area contributed by atoms with E-state index in [1.807, 2.05) is 13.0 Å². The molecule has 0 radical (unpaired) electrons. The van der Waals surface area contributed by atoms with Crippen LogP contribution < -0.4 is 5.73 Å². The zero-order chi connectivity index (χ0) is 9.71. The first-order valence-electron chi connectivity index (χ1n) is 5.55. The number of nitrogen functional groups attached to an aromatic ring is 1. The molecule has 14 heavy (non-hydrogen) atoms. The highest BCUT2D eigenvalue weighted by Gasteiger charge is 2.41. The van der Waals surface area contributed by atoms with Crippen molar-refractivity contribution in [2.75, 3.05) is 5.73 Å². The van der Waals surface area contributed by atoms with E-state index in [-0.39, 0.29) is 0 Å². The summed E-state index contributed by atoms with van der Waals surface area (Å²) in [5, 5.41) is 4.50. The van der Waals surface area contributed by atoms with Gasteiger partial charge in [-0.2, -0.15) is 5.10 Å². The summed E-state index contributed by atoms with van der Waals surface area (Å²) in [4.78, 5) is 0. The second-order valence-corrected chi connectivity index (χ2v) is 4.90. The van der Waals surface area contributed by atoms with Crippen molar-refractivity contribution in [2.45, 2.75) is 38.6 Å². The maximum atomic E-state index is 5.95. The summed E-state index contributed by atoms with van der Waals surface area (Å²) in [7, 11) is 0. The van der Waals surface area contributed by atoms with Crippen LogP contribution in [0.1, 0.15) is 37.4 Å². The predicted molar refractivity (Wildman–Crippen MR) is 55.9 cm³/mol. The van der Waals surface area contributed by atoms with Crippen LogP contribution in [0.5, 0.6) is 0 Å². The predicted octanol–water partition coefficient (Wildman–Crippen LogP) is 2.13. The molecule has 1 aromatic heterocycles. The Morgan fingerprint density at radius 3 is 2.79 bits per heavy atom. The minimum atomic E-state index is 0.599. The largest absolute Gasteiger partial charge is 0.384 e. The third kappa shape index (κ3) is 1.08. The number of hydrogen-bond donors (Lipinski definition) is 1. The van der Waals surface area contributed by atoms with Crippen molar-refractivity contribution in [2.24, 2.45) is 11.8 Å². The van der Waals surface area contributed by atoms with Crippen LogP contribution in [0, 0.1) is 18.8 Å². The van der Waals surface area contributed by atoms with Gasteiger partial charge in [-0.25, -0.2) is 4.68 Å². The summed E-state index contributed by atoms with van der Waals surface area (Å²) >= 11 is 0. The summed E-state index contributed by atoms with van der Waals surface area (Å²) in [5.41, 5.74) is 7.00. The van der Waals surface area contributed by atoms with Crippen LogP contribution in [0.25, 0.3) is 0 Å². The summed E-state index contributed by atoms with van der Waals surface area (Å²) in [6, 6.07) is 2.58. The molecule has 1 aromatic rings. The van der Waals surface area contributed by atoms with Crippen molar-refractivity contribution >= 4 is 5.82 Å². The number of aromatic nitrogens is 2. The molecule has 2 N–H and O–H groups in total. The van der Waals surface area contributed by atoms with Gasteiger partial charge in [-0.05, 0) is 38.0 Å². The van der Waals surface area contributed by atoms with Gasteiger partial charge < -0.3 is 5.73 Å². The van der Waals surface area contributed by atoms with Crippen LogP contribution in [0.3, 0.4) is 0 Å². The third-order valence-electron chi connectivity index (χ3n) is 3.90. The van der Waals surface area contributed by atoms with E-state index in [4.69, 9.17) is 5.73 Å². The molecule has 3 nitrogen and oxygen atoms in total. The van der Waals surface area contributed by atoms with Gasteiger partial charge in [0.05, 0.1) is 11.7 Å². The Labute approximate surface area is 84.3 Å². The molecule has 2 fully saturated rings. The van der Waals surface area contributed by atoms with E-state index in [0.29, 0.717) is 6.04 Å². The first-order chi connectivity index (χ1) is 6.74. The number of rotatable bonds is 1. The van der Waals surface area contributed by atoms with Gasteiger partial charge in [0.2, 0.25) is 0 Å². The summed E-state index contributed by atoms with van der Waals surface area (Å²) < 4.78 is 2.07. The molecule has 2 bridgehead atoms. The molecule has 2 aliphatic rings. The molecule has 76 valence electrons. The first kappa shape index (κ1) is 8.33.